The van der Waals surface area contributed by atoms with E-state index in [0.29, 0.717) is 28.1 Å². The smallest absolute Gasteiger partial charge is 0.332 e. The van der Waals surface area contributed by atoms with Gasteiger partial charge in [-0.15, -0.1) is 0 Å². The summed E-state index contributed by atoms with van der Waals surface area (Å²) in [4.78, 5) is 43.1. The van der Waals surface area contributed by atoms with Crippen LogP contribution < -0.4 is 15.5 Å². The lowest BCUT2D eigenvalue weighted by molar-refractivity contribution is -0.110. The van der Waals surface area contributed by atoms with Gasteiger partial charge in [0.2, 0.25) is 0 Å². The summed E-state index contributed by atoms with van der Waals surface area (Å²) in [5.41, 5.74) is 3.35. The van der Waals surface area contributed by atoms with E-state index < -0.39 is 17.9 Å². The summed E-state index contributed by atoms with van der Waals surface area (Å²) in [7, 11) is 0. The zero-order valence-corrected chi connectivity index (χ0v) is 17.8. The van der Waals surface area contributed by atoms with Gasteiger partial charge in [0.1, 0.15) is 5.82 Å². The fourth-order valence-corrected chi connectivity index (χ4v) is 4.01. The van der Waals surface area contributed by atoms with Gasteiger partial charge in [-0.25, -0.2) is 18.9 Å². The van der Waals surface area contributed by atoms with Crippen molar-refractivity contribution in [1.82, 2.24) is 9.88 Å². The Balaban J connectivity index is 1.31. The van der Waals surface area contributed by atoms with Crippen LogP contribution in [0, 0.1) is 5.82 Å². The minimum atomic E-state index is -0.661. The van der Waals surface area contributed by atoms with E-state index in [1.165, 1.54) is 17.0 Å². The van der Waals surface area contributed by atoms with Gasteiger partial charge < -0.3 is 20.7 Å². The standard InChI is InChI=1S/C24H20FN5O4/c25-19-10-14(13-31)3-6-21(19)29-8-9-30(24(29)34)23(33)27-16-4-5-17-18(11-15-2-1-7-26-15)22(32)28-20(17)12-16/h1-7,10-12,26,31H,8-9,13H2,(H,27,33)(H,28,32)/b18-11-. The van der Waals surface area contributed by atoms with Crippen LogP contribution in [0.25, 0.3) is 11.6 Å². The summed E-state index contributed by atoms with van der Waals surface area (Å²) in [5, 5.41) is 14.6. The molecule has 1 aromatic heterocycles. The highest BCUT2D eigenvalue weighted by Gasteiger charge is 2.35. The Labute approximate surface area is 193 Å². The predicted octanol–water partition coefficient (Wildman–Crippen LogP) is 3.61. The van der Waals surface area contributed by atoms with Crippen LogP contribution in [-0.2, 0) is 11.4 Å². The summed E-state index contributed by atoms with van der Waals surface area (Å²) in [6.45, 7) is -0.102. The first-order chi connectivity index (χ1) is 16.4. The molecule has 3 heterocycles. The number of halogens is 1. The summed E-state index contributed by atoms with van der Waals surface area (Å²) in [6, 6.07) is 11.4. The fraction of sp³-hybridized carbons (Fsp3) is 0.125. The highest BCUT2D eigenvalue weighted by Crippen LogP contribution is 2.35. The Morgan fingerprint density at radius 3 is 2.74 bits per heavy atom. The van der Waals surface area contributed by atoms with Crippen LogP contribution in [0.3, 0.4) is 0 Å². The van der Waals surface area contributed by atoms with Crippen molar-refractivity contribution in [3.63, 3.8) is 0 Å². The number of aliphatic hydroxyl groups excluding tert-OH is 1. The molecular weight excluding hydrogens is 441 g/mol. The van der Waals surface area contributed by atoms with Crippen LogP contribution in [-0.4, -0.2) is 46.0 Å². The third kappa shape index (κ3) is 3.80. The van der Waals surface area contributed by atoms with Gasteiger partial charge in [-0.05, 0) is 48.0 Å². The lowest BCUT2D eigenvalue weighted by Crippen LogP contribution is -2.39. The molecule has 172 valence electrons. The number of nitrogens with one attached hydrogen (secondary N) is 3. The summed E-state index contributed by atoms with van der Waals surface area (Å²) in [5.74, 6) is -0.910. The Hall–Kier alpha value is -4.44. The van der Waals surface area contributed by atoms with Gasteiger partial charge >= 0.3 is 12.1 Å². The van der Waals surface area contributed by atoms with Crippen molar-refractivity contribution in [3.8, 4) is 0 Å². The lowest BCUT2D eigenvalue weighted by Gasteiger charge is -2.19. The van der Waals surface area contributed by atoms with Crippen molar-refractivity contribution in [2.75, 3.05) is 28.6 Å². The molecular formula is C24H20FN5O4. The lowest BCUT2D eigenvalue weighted by atomic mass is 10.1. The molecule has 10 heteroatoms. The summed E-state index contributed by atoms with van der Waals surface area (Å²) in [6.07, 6.45) is 3.50. The molecule has 0 aliphatic carbocycles. The average molecular weight is 461 g/mol. The zero-order chi connectivity index (χ0) is 23.8. The maximum absolute atomic E-state index is 14.4. The maximum Gasteiger partial charge on any atom is 0.332 e. The van der Waals surface area contributed by atoms with Gasteiger partial charge in [-0.2, -0.15) is 0 Å². The molecule has 5 rings (SSSR count). The van der Waals surface area contributed by atoms with E-state index in [-0.39, 0.29) is 31.3 Å². The SMILES string of the molecule is O=C1Nc2cc(NC(=O)N3CCN(c4ccc(CO)cc4F)C3=O)ccc2/C1=C/c1ccc[nH]1. The van der Waals surface area contributed by atoms with Crippen molar-refractivity contribution in [3.05, 3.63) is 77.4 Å². The van der Waals surface area contributed by atoms with E-state index >= 15 is 0 Å². The molecule has 1 saturated heterocycles. The molecule has 0 spiro atoms. The molecule has 1 fully saturated rings. The number of rotatable bonds is 4. The topological polar surface area (TPSA) is 118 Å². The molecule has 0 radical (unpaired) electrons. The Kier molecular flexibility index (Phi) is 5.34. The number of aromatic amines is 1. The highest BCUT2D eigenvalue weighted by molar-refractivity contribution is 6.35. The van der Waals surface area contributed by atoms with Crippen LogP contribution in [0.5, 0.6) is 0 Å². The number of anilines is 3. The van der Waals surface area contributed by atoms with Crippen LogP contribution in [0.4, 0.5) is 31.0 Å². The number of aliphatic hydroxyl groups is 1. The largest absolute Gasteiger partial charge is 0.392 e. The number of aromatic nitrogens is 1. The second-order valence-electron chi connectivity index (χ2n) is 7.86. The third-order valence-corrected chi connectivity index (χ3v) is 5.72. The number of fused-ring (bicyclic) bond motifs is 1. The molecule has 2 aliphatic rings. The molecule has 2 aliphatic heterocycles. The van der Waals surface area contributed by atoms with E-state index in [9.17, 15) is 18.8 Å². The number of imide groups is 1. The van der Waals surface area contributed by atoms with Gasteiger partial charge in [0.05, 0.1) is 30.1 Å². The second-order valence-corrected chi connectivity index (χ2v) is 7.86. The number of H-pyrrole nitrogens is 1. The monoisotopic (exact) mass is 461 g/mol. The number of nitrogens with zero attached hydrogens (tertiary/aromatic N) is 2. The van der Waals surface area contributed by atoms with Gasteiger partial charge in [-0.1, -0.05) is 12.1 Å². The van der Waals surface area contributed by atoms with Gasteiger partial charge in [0.15, 0.2) is 0 Å². The van der Waals surface area contributed by atoms with Crippen LogP contribution >= 0.6 is 0 Å². The van der Waals surface area contributed by atoms with E-state index in [1.54, 1.807) is 30.5 Å². The molecule has 0 saturated carbocycles. The van der Waals surface area contributed by atoms with Gasteiger partial charge in [0, 0.05) is 29.7 Å². The molecule has 9 nitrogen and oxygen atoms in total. The first-order valence-electron chi connectivity index (χ1n) is 10.5. The molecule has 0 atom stereocenters. The minimum Gasteiger partial charge on any atom is -0.392 e. The predicted molar refractivity (Wildman–Crippen MR) is 125 cm³/mol. The van der Waals surface area contributed by atoms with Crippen LogP contribution in [0.1, 0.15) is 16.8 Å². The van der Waals surface area contributed by atoms with Gasteiger partial charge in [0.25, 0.3) is 5.91 Å². The van der Waals surface area contributed by atoms with Crippen LogP contribution in [0.15, 0.2) is 54.7 Å². The first-order valence-corrected chi connectivity index (χ1v) is 10.5. The van der Waals surface area contributed by atoms with Crippen molar-refractivity contribution < 1.29 is 23.9 Å². The van der Waals surface area contributed by atoms with E-state index in [1.807, 2.05) is 12.1 Å². The molecule has 3 aromatic rings. The summed E-state index contributed by atoms with van der Waals surface area (Å²) < 4.78 is 14.4. The number of hydrogen-bond acceptors (Lipinski definition) is 4. The maximum atomic E-state index is 14.4. The van der Waals surface area contributed by atoms with Crippen molar-refractivity contribution in [2.24, 2.45) is 0 Å². The normalized spacial score (nSPS) is 16.2. The molecule has 0 bridgehead atoms. The molecule has 34 heavy (non-hydrogen) atoms. The third-order valence-electron chi connectivity index (χ3n) is 5.72. The number of carbonyl (C=O) groups is 3. The van der Waals surface area contributed by atoms with E-state index in [2.05, 4.69) is 15.6 Å². The van der Waals surface area contributed by atoms with Crippen molar-refractivity contribution >= 4 is 46.7 Å². The average Bonchev–Trinajstić information content (AvgIpc) is 3.54. The fourth-order valence-electron chi connectivity index (χ4n) is 4.01. The van der Waals surface area contributed by atoms with Crippen LogP contribution in [0.2, 0.25) is 0 Å². The number of hydrogen-bond donors (Lipinski definition) is 4. The van der Waals surface area contributed by atoms with Gasteiger partial charge in [-0.3, -0.25) is 9.69 Å². The molecule has 2 aromatic carbocycles. The van der Waals surface area contributed by atoms with Crippen molar-refractivity contribution in [2.45, 2.75) is 6.61 Å². The first kappa shape index (κ1) is 21.4. The zero-order valence-electron chi connectivity index (χ0n) is 17.8. The van der Waals surface area contributed by atoms with E-state index in [0.717, 1.165) is 16.7 Å². The molecule has 5 amide bonds. The van der Waals surface area contributed by atoms with E-state index in [4.69, 9.17) is 5.11 Å². The number of urea groups is 2. The summed E-state index contributed by atoms with van der Waals surface area (Å²) >= 11 is 0. The Morgan fingerprint density at radius 2 is 2.00 bits per heavy atom. The Bertz CT molecular complexity index is 1340. The number of benzene rings is 2. The Morgan fingerprint density at radius 1 is 1.15 bits per heavy atom. The molecule has 0 unspecified atom stereocenters. The quantitative estimate of drug-likeness (QED) is 0.444. The number of amides is 5. The minimum absolute atomic E-state index is 0.0409. The number of carbonyl (C=O) groups excluding carboxylic acids is 3. The highest BCUT2D eigenvalue weighted by atomic mass is 19.1. The molecule has 4 N–H and O–H groups in total. The second kappa shape index (κ2) is 8.49. The van der Waals surface area contributed by atoms with Crippen molar-refractivity contribution in [1.29, 1.82) is 0 Å².